The number of nitrogens with one attached hydrogen (secondary N) is 2. The molecule has 2 aliphatic heterocycles. The molecule has 0 amide bonds. The molecule has 4 rings (SSSR count). The summed E-state index contributed by atoms with van der Waals surface area (Å²) in [6.07, 6.45) is 2.20. The maximum atomic E-state index is 12.2. The molecule has 0 spiro atoms. The van der Waals surface area contributed by atoms with Crippen LogP contribution in [0.3, 0.4) is 0 Å². The van der Waals surface area contributed by atoms with Gasteiger partial charge in [0, 0.05) is 12.1 Å². The minimum atomic E-state index is -3.38. The second-order valence-corrected chi connectivity index (χ2v) is 7.26. The summed E-state index contributed by atoms with van der Waals surface area (Å²) in [6, 6.07) is 7.08. The van der Waals surface area contributed by atoms with Gasteiger partial charge in [-0.15, -0.1) is 0 Å². The summed E-state index contributed by atoms with van der Waals surface area (Å²) in [7, 11) is -3.38. The van der Waals surface area contributed by atoms with Crippen LogP contribution in [0.1, 0.15) is 18.4 Å². The SMILES string of the molecule is Cc1ccccc1S(=O)(=O)NCC12CC(CN1)C2. The van der Waals surface area contributed by atoms with E-state index in [1.54, 1.807) is 12.1 Å². The standard InChI is InChI=1S/C13H18N2O2S/c1-10-4-2-3-5-12(10)18(16,17)15-9-13-6-11(7-13)8-14-13/h2-5,11,14-15H,6-9H2,1H3. The smallest absolute Gasteiger partial charge is 0.240 e. The van der Waals surface area contributed by atoms with Crippen LogP contribution in [0.4, 0.5) is 0 Å². The monoisotopic (exact) mass is 266 g/mol. The average molecular weight is 266 g/mol. The fourth-order valence-corrected chi connectivity index (χ4v) is 4.44. The van der Waals surface area contributed by atoms with E-state index in [-0.39, 0.29) is 5.54 Å². The maximum absolute atomic E-state index is 12.2. The number of rotatable bonds is 4. The molecule has 98 valence electrons. The van der Waals surface area contributed by atoms with E-state index in [1.807, 2.05) is 19.1 Å². The first-order chi connectivity index (χ1) is 8.51. The van der Waals surface area contributed by atoms with Crippen molar-refractivity contribution >= 4 is 10.0 Å². The maximum Gasteiger partial charge on any atom is 0.240 e. The van der Waals surface area contributed by atoms with Gasteiger partial charge in [-0.3, -0.25) is 0 Å². The third kappa shape index (κ3) is 1.96. The van der Waals surface area contributed by atoms with Crippen LogP contribution >= 0.6 is 0 Å². The summed E-state index contributed by atoms with van der Waals surface area (Å²) >= 11 is 0. The third-order valence-corrected chi connectivity index (χ3v) is 5.67. The van der Waals surface area contributed by atoms with E-state index >= 15 is 0 Å². The van der Waals surface area contributed by atoms with Crippen LogP contribution in [0.5, 0.6) is 0 Å². The molecule has 3 aliphatic rings. The number of sulfonamides is 1. The van der Waals surface area contributed by atoms with Gasteiger partial charge < -0.3 is 5.32 Å². The molecule has 18 heavy (non-hydrogen) atoms. The van der Waals surface area contributed by atoms with Crippen LogP contribution in [0.25, 0.3) is 0 Å². The van der Waals surface area contributed by atoms with Gasteiger partial charge in [-0.25, -0.2) is 13.1 Å². The van der Waals surface area contributed by atoms with Gasteiger partial charge in [0.25, 0.3) is 0 Å². The molecule has 1 aromatic carbocycles. The van der Waals surface area contributed by atoms with Gasteiger partial charge in [-0.1, -0.05) is 18.2 Å². The van der Waals surface area contributed by atoms with Crippen molar-refractivity contribution in [3.8, 4) is 0 Å². The summed E-state index contributed by atoms with van der Waals surface area (Å²) in [5.74, 6) is 0.757. The zero-order valence-corrected chi connectivity index (χ0v) is 11.3. The van der Waals surface area contributed by atoms with Gasteiger partial charge in [0.1, 0.15) is 0 Å². The quantitative estimate of drug-likeness (QED) is 0.855. The summed E-state index contributed by atoms with van der Waals surface area (Å²) in [6.45, 7) is 3.35. The Morgan fingerprint density at radius 3 is 2.72 bits per heavy atom. The molecule has 0 radical (unpaired) electrons. The van der Waals surface area contributed by atoms with Crippen LogP contribution in [-0.4, -0.2) is 27.0 Å². The number of aryl methyl sites for hydroxylation is 1. The molecule has 0 unspecified atom stereocenters. The molecule has 1 saturated carbocycles. The molecular formula is C13H18N2O2S. The zero-order valence-electron chi connectivity index (χ0n) is 10.4. The largest absolute Gasteiger partial charge is 0.310 e. The summed E-state index contributed by atoms with van der Waals surface area (Å²) in [4.78, 5) is 0.385. The van der Waals surface area contributed by atoms with Crippen molar-refractivity contribution in [2.45, 2.75) is 30.2 Å². The predicted molar refractivity (Wildman–Crippen MR) is 69.8 cm³/mol. The highest BCUT2D eigenvalue weighted by atomic mass is 32.2. The molecule has 2 N–H and O–H groups in total. The van der Waals surface area contributed by atoms with Crippen LogP contribution in [0.2, 0.25) is 0 Å². The summed E-state index contributed by atoms with van der Waals surface area (Å²) < 4.78 is 27.2. The Kier molecular flexibility index (Phi) is 2.73. The lowest BCUT2D eigenvalue weighted by molar-refractivity contribution is 0.228. The Balaban J connectivity index is 1.74. The van der Waals surface area contributed by atoms with Crippen molar-refractivity contribution in [1.82, 2.24) is 10.0 Å². The Bertz CT molecular complexity index is 557. The topological polar surface area (TPSA) is 58.2 Å². The van der Waals surface area contributed by atoms with Crippen molar-refractivity contribution in [3.05, 3.63) is 29.8 Å². The van der Waals surface area contributed by atoms with E-state index in [9.17, 15) is 8.42 Å². The van der Waals surface area contributed by atoms with Gasteiger partial charge in [0.15, 0.2) is 0 Å². The summed E-state index contributed by atoms with van der Waals surface area (Å²) in [5, 5.41) is 3.42. The van der Waals surface area contributed by atoms with Crippen molar-refractivity contribution in [1.29, 1.82) is 0 Å². The lowest BCUT2D eigenvalue weighted by Crippen LogP contribution is -2.52. The normalized spacial score (nSPS) is 30.2. The van der Waals surface area contributed by atoms with E-state index in [0.717, 1.165) is 30.9 Å². The number of fused-ring (bicyclic) bond motifs is 1. The van der Waals surface area contributed by atoms with Gasteiger partial charge in [-0.2, -0.15) is 0 Å². The minimum absolute atomic E-state index is 0.0282. The van der Waals surface area contributed by atoms with E-state index in [1.165, 1.54) is 0 Å². The Morgan fingerprint density at radius 2 is 2.11 bits per heavy atom. The first-order valence-electron chi connectivity index (χ1n) is 6.31. The highest BCUT2D eigenvalue weighted by Gasteiger charge is 2.50. The second-order valence-electron chi connectivity index (χ2n) is 5.53. The van der Waals surface area contributed by atoms with Crippen molar-refractivity contribution in [2.75, 3.05) is 13.1 Å². The van der Waals surface area contributed by atoms with Gasteiger partial charge in [-0.05, 0) is 43.9 Å². The number of hydrogen-bond donors (Lipinski definition) is 2. The Hall–Kier alpha value is -0.910. The number of hydrogen-bond acceptors (Lipinski definition) is 3. The lowest BCUT2D eigenvalue weighted by Gasteiger charge is -2.37. The highest BCUT2D eigenvalue weighted by Crippen LogP contribution is 2.43. The highest BCUT2D eigenvalue weighted by molar-refractivity contribution is 7.89. The molecule has 1 aromatic rings. The molecule has 0 aromatic heterocycles. The van der Waals surface area contributed by atoms with Crippen molar-refractivity contribution < 1.29 is 8.42 Å². The molecule has 2 bridgehead atoms. The van der Waals surface area contributed by atoms with Crippen molar-refractivity contribution in [3.63, 3.8) is 0 Å². The Morgan fingerprint density at radius 1 is 1.39 bits per heavy atom. The average Bonchev–Trinajstić information content (AvgIpc) is 2.86. The molecule has 5 heteroatoms. The Labute approximate surface area is 108 Å². The number of benzene rings is 1. The zero-order chi connectivity index (χ0) is 12.8. The van der Waals surface area contributed by atoms with Crippen molar-refractivity contribution in [2.24, 2.45) is 5.92 Å². The molecule has 4 nitrogen and oxygen atoms in total. The minimum Gasteiger partial charge on any atom is -0.310 e. The molecule has 2 saturated heterocycles. The van der Waals surface area contributed by atoms with E-state index in [0.29, 0.717) is 11.4 Å². The van der Waals surface area contributed by atoms with E-state index in [4.69, 9.17) is 0 Å². The first-order valence-corrected chi connectivity index (χ1v) is 7.79. The van der Waals surface area contributed by atoms with Crippen LogP contribution in [0, 0.1) is 12.8 Å². The van der Waals surface area contributed by atoms with E-state index < -0.39 is 10.0 Å². The second kappa shape index (κ2) is 4.05. The third-order valence-electron chi connectivity index (χ3n) is 4.11. The van der Waals surface area contributed by atoms with Crippen LogP contribution < -0.4 is 10.0 Å². The lowest BCUT2D eigenvalue weighted by atomic mass is 9.74. The predicted octanol–water partition coefficient (Wildman–Crippen LogP) is 1.03. The molecule has 1 aliphatic carbocycles. The summed E-state index contributed by atoms with van der Waals surface area (Å²) in [5.41, 5.74) is 0.814. The van der Waals surface area contributed by atoms with Gasteiger partial charge in [0.2, 0.25) is 10.0 Å². The molecule has 3 fully saturated rings. The fraction of sp³-hybridized carbons (Fsp3) is 0.538. The molecule has 2 heterocycles. The van der Waals surface area contributed by atoms with Gasteiger partial charge >= 0.3 is 0 Å². The van der Waals surface area contributed by atoms with Crippen LogP contribution in [-0.2, 0) is 10.0 Å². The first kappa shape index (κ1) is 12.1. The molecular weight excluding hydrogens is 248 g/mol. The fourth-order valence-electron chi connectivity index (χ4n) is 3.07. The van der Waals surface area contributed by atoms with E-state index in [2.05, 4.69) is 10.0 Å². The van der Waals surface area contributed by atoms with Gasteiger partial charge in [0.05, 0.1) is 4.90 Å². The molecule has 0 atom stereocenters. The van der Waals surface area contributed by atoms with Crippen LogP contribution in [0.15, 0.2) is 29.2 Å².